The van der Waals surface area contributed by atoms with Crippen molar-refractivity contribution in [3.63, 3.8) is 0 Å². The average Bonchev–Trinajstić information content (AvgIpc) is 2.88. The van der Waals surface area contributed by atoms with Gasteiger partial charge in [-0.1, -0.05) is 0 Å². The van der Waals surface area contributed by atoms with Gasteiger partial charge < -0.3 is 9.30 Å². The molecule has 0 bridgehead atoms. The molecule has 0 fully saturated rings. The van der Waals surface area contributed by atoms with E-state index in [2.05, 4.69) is 10.1 Å². The molecule has 2 rings (SSSR count). The summed E-state index contributed by atoms with van der Waals surface area (Å²) in [6, 6.07) is 0.0179. The van der Waals surface area contributed by atoms with Crippen LogP contribution in [0.2, 0.25) is 0 Å². The highest BCUT2D eigenvalue weighted by Gasteiger charge is 2.14. The molecule has 0 saturated heterocycles. The van der Waals surface area contributed by atoms with Crippen molar-refractivity contribution in [2.24, 2.45) is 0 Å². The molecule has 0 amide bonds. The molecule has 0 unspecified atom stereocenters. The molecule has 7 heteroatoms. The van der Waals surface area contributed by atoms with Crippen molar-refractivity contribution in [1.29, 1.82) is 0 Å². The standard InChI is InChI=1S/C13H16N4O3/c1-4-20-13(19)10-7-15-17(8-10)11-12(18)16(9(2)3)6-5-14-11/h5-9H,4H2,1-3H3. The first-order chi connectivity index (χ1) is 9.54. The first-order valence-electron chi connectivity index (χ1n) is 6.34. The van der Waals surface area contributed by atoms with Crippen molar-refractivity contribution >= 4 is 5.97 Å². The lowest BCUT2D eigenvalue weighted by Crippen LogP contribution is -2.26. The van der Waals surface area contributed by atoms with Crippen LogP contribution >= 0.6 is 0 Å². The number of aromatic nitrogens is 4. The van der Waals surface area contributed by atoms with Gasteiger partial charge >= 0.3 is 5.97 Å². The highest BCUT2D eigenvalue weighted by molar-refractivity contribution is 5.88. The average molecular weight is 276 g/mol. The Kier molecular flexibility index (Phi) is 3.97. The van der Waals surface area contributed by atoms with Crippen molar-refractivity contribution in [2.45, 2.75) is 26.8 Å². The third-order valence-corrected chi connectivity index (χ3v) is 2.72. The molecule has 0 saturated carbocycles. The third kappa shape index (κ3) is 2.61. The van der Waals surface area contributed by atoms with Crippen LogP contribution in [0.4, 0.5) is 0 Å². The highest BCUT2D eigenvalue weighted by atomic mass is 16.5. The van der Waals surface area contributed by atoms with E-state index in [1.807, 2.05) is 13.8 Å². The van der Waals surface area contributed by atoms with Gasteiger partial charge in [0.05, 0.1) is 18.4 Å². The molecule has 0 aliphatic heterocycles. The molecule has 20 heavy (non-hydrogen) atoms. The van der Waals surface area contributed by atoms with Gasteiger partial charge in [-0.05, 0) is 20.8 Å². The largest absolute Gasteiger partial charge is 0.462 e. The van der Waals surface area contributed by atoms with Crippen LogP contribution in [-0.4, -0.2) is 31.9 Å². The zero-order valence-electron chi connectivity index (χ0n) is 11.6. The maximum atomic E-state index is 12.2. The van der Waals surface area contributed by atoms with Gasteiger partial charge in [-0.2, -0.15) is 5.10 Å². The van der Waals surface area contributed by atoms with E-state index < -0.39 is 5.97 Å². The summed E-state index contributed by atoms with van der Waals surface area (Å²) in [5.41, 5.74) is 0.0222. The van der Waals surface area contributed by atoms with Gasteiger partial charge in [0.2, 0.25) is 5.82 Å². The van der Waals surface area contributed by atoms with E-state index in [9.17, 15) is 9.59 Å². The number of ether oxygens (including phenoxy) is 1. The molecule has 2 aromatic rings. The molecule has 0 aliphatic carbocycles. The molecule has 0 aromatic carbocycles. The van der Waals surface area contributed by atoms with Crippen LogP contribution in [0.15, 0.2) is 29.6 Å². The molecule has 0 spiro atoms. The number of hydrogen-bond donors (Lipinski definition) is 0. The Bertz CT molecular complexity index is 672. The van der Waals surface area contributed by atoms with Gasteiger partial charge in [-0.15, -0.1) is 0 Å². The van der Waals surface area contributed by atoms with Gasteiger partial charge in [0, 0.05) is 24.6 Å². The predicted molar refractivity (Wildman–Crippen MR) is 72.0 cm³/mol. The molecule has 7 nitrogen and oxygen atoms in total. The van der Waals surface area contributed by atoms with Gasteiger partial charge in [0.25, 0.3) is 5.56 Å². The van der Waals surface area contributed by atoms with Crippen LogP contribution in [0, 0.1) is 0 Å². The van der Waals surface area contributed by atoms with Crippen LogP contribution in [0.25, 0.3) is 5.82 Å². The van der Waals surface area contributed by atoms with Gasteiger partial charge in [-0.25, -0.2) is 14.5 Å². The summed E-state index contributed by atoms with van der Waals surface area (Å²) >= 11 is 0. The third-order valence-electron chi connectivity index (χ3n) is 2.72. The SMILES string of the molecule is CCOC(=O)c1cnn(-c2nccn(C(C)C)c2=O)c1. The van der Waals surface area contributed by atoms with Crippen LogP contribution in [0.3, 0.4) is 0 Å². The fourth-order valence-electron chi connectivity index (χ4n) is 1.74. The molecule has 2 aromatic heterocycles. The lowest BCUT2D eigenvalue weighted by Gasteiger charge is -2.10. The Hall–Kier alpha value is -2.44. The van der Waals surface area contributed by atoms with Crippen LogP contribution < -0.4 is 5.56 Å². The Morgan fingerprint density at radius 3 is 2.85 bits per heavy atom. The first-order valence-corrected chi connectivity index (χ1v) is 6.34. The number of hydrogen-bond acceptors (Lipinski definition) is 5. The minimum absolute atomic E-state index is 0.0179. The Morgan fingerprint density at radius 1 is 1.45 bits per heavy atom. The molecule has 0 radical (unpaired) electrons. The van der Waals surface area contributed by atoms with Crippen molar-refractivity contribution < 1.29 is 9.53 Å². The second-order valence-electron chi connectivity index (χ2n) is 4.45. The van der Waals surface area contributed by atoms with Gasteiger partial charge in [0.15, 0.2) is 0 Å². The van der Waals surface area contributed by atoms with Crippen molar-refractivity contribution in [2.75, 3.05) is 6.61 Å². The summed E-state index contributed by atoms with van der Waals surface area (Å²) in [4.78, 5) is 27.8. The second kappa shape index (κ2) is 5.68. The van der Waals surface area contributed by atoms with E-state index >= 15 is 0 Å². The lowest BCUT2D eigenvalue weighted by atomic mass is 10.4. The molecular weight excluding hydrogens is 260 g/mol. The topological polar surface area (TPSA) is 79.0 Å². The minimum Gasteiger partial charge on any atom is -0.462 e. The fraction of sp³-hybridized carbons (Fsp3) is 0.385. The Morgan fingerprint density at radius 2 is 2.20 bits per heavy atom. The predicted octanol–water partition coefficient (Wildman–Crippen LogP) is 1.19. The van der Waals surface area contributed by atoms with Crippen molar-refractivity contribution in [3.05, 3.63) is 40.7 Å². The lowest BCUT2D eigenvalue weighted by molar-refractivity contribution is 0.0526. The molecule has 2 heterocycles. The summed E-state index contributed by atoms with van der Waals surface area (Å²) in [6.45, 7) is 5.81. The van der Waals surface area contributed by atoms with E-state index in [0.717, 1.165) is 0 Å². The summed E-state index contributed by atoms with van der Waals surface area (Å²) < 4.78 is 7.71. The Labute approximate surface area is 115 Å². The van der Waals surface area contributed by atoms with E-state index in [1.165, 1.54) is 23.3 Å². The van der Waals surface area contributed by atoms with Crippen LogP contribution in [-0.2, 0) is 4.74 Å². The van der Waals surface area contributed by atoms with E-state index in [-0.39, 0.29) is 29.6 Å². The maximum Gasteiger partial charge on any atom is 0.341 e. The normalized spacial score (nSPS) is 10.8. The quantitative estimate of drug-likeness (QED) is 0.784. The van der Waals surface area contributed by atoms with E-state index in [1.54, 1.807) is 17.7 Å². The van der Waals surface area contributed by atoms with Gasteiger partial charge in [-0.3, -0.25) is 4.79 Å². The monoisotopic (exact) mass is 276 g/mol. The number of nitrogens with zero attached hydrogens (tertiary/aromatic N) is 4. The zero-order chi connectivity index (χ0) is 14.7. The van der Waals surface area contributed by atoms with Crippen molar-refractivity contribution in [1.82, 2.24) is 19.3 Å². The summed E-state index contributed by atoms with van der Waals surface area (Å²) in [5, 5.41) is 3.99. The minimum atomic E-state index is -0.473. The van der Waals surface area contributed by atoms with Gasteiger partial charge in [0.1, 0.15) is 0 Å². The molecular formula is C13H16N4O3. The number of rotatable bonds is 4. The van der Waals surface area contributed by atoms with E-state index in [4.69, 9.17) is 4.74 Å². The van der Waals surface area contributed by atoms with Crippen molar-refractivity contribution in [3.8, 4) is 5.82 Å². The number of carbonyl (C=O) groups excluding carboxylic acids is 1. The molecule has 0 aliphatic rings. The molecule has 106 valence electrons. The fourth-order valence-corrected chi connectivity index (χ4v) is 1.74. The van der Waals surface area contributed by atoms with Crippen LogP contribution in [0.5, 0.6) is 0 Å². The Balaban J connectivity index is 2.41. The number of carbonyl (C=O) groups is 1. The summed E-state index contributed by atoms with van der Waals surface area (Å²) in [6.07, 6.45) is 5.94. The summed E-state index contributed by atoms with van der Waals surface area (Å²) in [5.74, 6) is -0.324. The van der Waals surface area contributed by atoms with E-state index in [0.29, 0.717) is 0 Å². The smallest absolute Gasteiger partial charge is 0.341 e. The van der Waals surface area contributed by atoms with Crippen LogP contribution in [0.1, 0.15) is 37.2 Å². The molecule has 0 N–H and O–H groups in total. The second-order valence-corrected chi connectivity index (χ2v) is 4.45. The first kappa shape index (κ1) is 14.0. The molecule has 0 atom stereocenters. The maximum absolute atomic E-state index is 12.2. The highest BCUT2D eigenvalue weighted by Crippen LogP contribution is 2.05. The summed E-state index contributed by atoms with van der Waals surface area (Å²) in [7, 11) is 0. The number of esters is 1. The zero-order valence-corrected chi connectivity index (χ0v) is 11.6.